The van der Waals surface area contributed by atoms with Crippen molar-refractivity contribution >= 4 is 17.4 Å². The number of para-hydroxylation sites is 1. The fraction of sp³-hybridized carbons (Fsp3) is 0.600. The molecule has 0 spiro atoms. The summed E-state index contributed by atoms with van der Waals surface area (Å²) in [6.07, 6.45) is 7.67. The van der Waals surface area contributed by atoms with E-state index in [-0.39, 0.29) is 4.87 Å². The summed E-state index contributed by atoms with van der Waals surface area (Å²) in [5.41, 5.74) is 3.35. The zero-order valence-electron chi connectivity index (χ0n) is 11.0. The van der Waals surface area contributed by atoms with Gasteiger partial charge in [-0.15, -0.1) is 11.8 Å². The monoisotopic (exact) mass is 247 g/mol. The molecule has 0 radical (unpaired) electrons. The van der Waals surface area contributed by atoms with E-state index in [2.05, 4.69) is 61.2 Å². The molecule has 2 aliphatic rings. The van der Waals surface area contributed by atoms with Crippen LogP contribution in [0.25, 0.3) is 0 Å². The van der Waals surface area contributed by atoms with Crippen LogP contribution < -0.4 is 4.90 Å². The molecule has 1 aromatic carbocycles. The Morgan fingerprint density at radius 3 is 2.65 bits per heavy atom. The van der Waals surface area contributed by atoms with E-state index in [0.717, 1.165) is 0 Å². The SMILES string of the molecule is CSC12CCCCC1(C)c1ccccc1N2C. The van der Waals surface area contributed by atoms with Gasteiger partial charge in [0.1, 0.15) is 0 Å². The number of rotatable bonds is 1. The molecular weight excluding hydrogens is 226 g/mol. The molecule has 1 nitrogen and oxygen atoms in total. The molecule has 0 saturated heterocycles. The molecule has 1 aliphatic carbocycles. The summed E-state index contributed by atoms with van der Waals surface area (Å²) in [6.45, 7) is 2.48. The number of likely N-dealkylation sites (N-methyl/N-ethyl adjacent to an activating group) is 1. The Hall–Kier alpha value is -0.630. The lowest BCUT2D eigenvalue weighted by Gasteiger charge is -2.50. The lowest BCUT2D eigenvalue weighted by Crippen LogP contribution is -2.54. The molecule has 1 saturated carbocycles. The average Bonchev–Trinajstić information content (AvgIpc) is 2.58. The minimum atomic E-state index is 0.287. The minimum absolute atomic E-state index is 0.287. The van der Waals surface area contributed by atoms with Crippen LogP contribution in [0.1, 0.15) is 38.2 Å². The highest BCUT2D eigenvalue weighted by Crippen LogP contribution is 2.61. The molecule has 1 aliphatic heterocycles. The van der Waals surface area contributed by atoms with E-state index in [1.165, 1.54) is 31.4 Å². The van der Waals surface area contributed by atoms with Crippen molar-refractivity contribution in [1.82, 2.24) is 0 Å². The molecule has 0 amide bonds. The van der Waals surface area contributed by atoms with E-state index in [1.54, 1.807) is 5.56 Å². The Labute approximate surface area is 109 Å². The van der Waals surface area contributed by atoms with Gasteiger partial charge in [-0.25, -0.2) is 0 Å². The predicted octanol–water partition coefficient (Wildman–Crippen LogP) is 4.03. The van der Waals surface area contributed by atoms with Crippen LogP contribution in [0.2, 0.25) is 0 Å². The van der Waals surface area contributed by atoms with Crippen molar-refractivity contribution in [2.75, 3.05) is 18.2 Å². The van der Waals surface area contributed by atoms with Crippen molar-refractivity contribution in [3.63, 3.8) is 0 Å². The largest absolute Gasteiger partial charge is 0.359 e. The number of thioether (sulfide) groups is 1. The summed E-state index contributed by atoms with van der Waals surface area (Å²) in [7, 11) is 2.28. The van der Waals surface area contributed by atoms with E-state index < -0.39 is 0 Å². The number of nitrogens with zero attached hydrogens (tertiary/aromatic N) is 1. The molecule has 0 aromatic heterocycles. The van der Waals surface area contributed by atoms with Crippen LogP contribution in [0.3, 0.4) is 0 Å². The Morgan fingerprint density at radius 2 is 1.88 bits per heavy atom. The molecule has 17 heavy (non-hydrogen) atoms. The Bertz CT molecular complexity index is 444. The first-order valence-corrected chi connectivity index (χ1v) is 7.77. The van der Waals surface area contributed by atoms with E-state index in [4.69, 9.17) is 0 Å². The maximum atomic E-state index is 2.55. The Morgan fingerprint density at radius 1 is 1.18 bits per heavy atom. The highest BCUT2D eigenvalue weighted by molar-refractivity contribution is 8.00. The summed E-state index contributed by atoms with van der Waals surface area (Å²) >= 11 is 2.05. The summed E-state index contributed by atoms with van der Waals surface area (Å²) in [5.74, 6) is 0. The van der Waals surface area contributed by atoms with Gasteiger partial charge in [0.05, 0.1) is 4.87 Å². The topological polar surface area (TPSA) is 3.24 Å². The number of hydrogen-bond donors (Lipinski definition) is 0. The lowest BCUT2D eigenvalue weighted by molar-refractivity contribution is 0.257. The van der Waals surface area contributed by atoms with Crippen LogP contribution in [0.15, 0.2) is 24.3 Å². The standard InChI is InChI=1S/C15H21NS/c1-14-10-6-7-11-15(14,17-3)16(2)13-9-5-4-8-12(13)14/h4-5,8-9H,6-7,10-11H2,1-3H3. The van der Waals surface area contributed by atoms with Crippen molar-refractivity contribution in [3.8, 4) is 0 Å². The number of fused-ring (bicyclic) bond motifs is 3. The highest BCUT2D eigenvalue weighted by Gasteiger charge is 2.58. The Balaban J connectivity index is 2.23. The van der Waals surface area contributed by atoms with Crippen molar-refractivity contribution in [1.29, 1.82) is 0 Å². The molecule has 92 valence electrons. The van der Waals surface area contributed by atoms with Crippen LogP contribution in [-0.2, 0) is 5.41 Å². The molecule has 1 aromatic rings. The number of benzene rings is 1. The first-order chi connectivity index (χ1) is 8.16. The summed E-state index contributed by atoms with van der Waals surface area (Å²) < 4.78 is 0. The van der Waals surface area contributed by atoms with E-state index in [9.17, 15) is 0 Å². The first-order valence-electron chi connectivity index (χ1n) is 6.54. The first kappa shape index (κ1) is 11.5. The molecule has 2 heteroatoms. The summed E-state index contributed by atoms with van der Waals surface area (Å²) in [4.78, 5) is 2.83. The van der Waals surface area contributed by atoms with Crippen LogP contribution in [0, 0.1) is 0 Å². The second kappa shape index (κ2) is 3.68. The van der Waals surface area contributed by atoms with Gasteiger partial charge < -0.3 is 4.90 Å². The third-order valence-electron chi connectivity index (χ3n) is 5.04. The van der Waals surface area contributed by atoms with Crippen molar-refractivity contribution in [3.05, 3.63) is 29.8 Å². The van der Waals surface area contributed by atoms with Crippen LogP contribution >= 0.6 is 11.8 Å². The number of hydrogen-bond acceptors (Lipinski definition) is 2. The van der Waals surface area contributed by atoms with Gasteiger partial charge >= 0.3 is 0 Å². The normalized spacial score (nSPS) is 35.6. The molecule has 1 heterocycles. The van der Waals surface area contributed by atoms with E-state index in [1.807, 2.05) is 0 Å². The maximum absolute atomic E-state index is 2.55. The van der Waals surface area contributed by atoms with Crippen LogP contribution in [0.4, 0.5) is 5.69 Å². The van der Waals surface area contributed by atoms with Gasteiger partial charge in [-0.05, 0) is 30.7 Å². The summed E-state index contributed by atoms with van der Waals surface area (Å²) in [6, 6.07) is 9.00. The van der Waals surface area contributed by atoms with Crippen LogP contribution in [0.5, 0.6) is 0 Å². The van der Waals surface area contributed by atoms with Crippen molar-refractivity contribution in [2.24, 2.45) is 0 Å². The van der Waals surface area contributed by atoms with Gasteiger partial charge in [0, 0.05) is 18.2 Å². The zero-order valence-corrected chi connectivity index (χ0v) is 11.8. The van der Waals surface area contributed by atoms with E-state index >= 15 is 0 Å². The zero-order chi connectivity index (χ0) is 12.1. The van der Waals surface area contributed by atoms with Gasteiger partial charge in [0.2, 0.25) is 0 Å². The Kier molecular flexibility index (Phi) is 2.48. The second-order valence-corrected chi connectivity index (χ2v) is 6.69. The third-order valence-corrected chi connectivity index (χ3v) is 6.65. The molecule has 2 unspecified atom stereocenters. The van der Waals surface area contributed by atoms with Gasteiger partial charge in [-0.1, -0.05) is 38.0 Å². The average molecular weight is 247 g/mol. The molecule has 1 fully saturated rings. The second-order valence-electron chi connectivity index (χ2n) is 5.60. The summed E-state index contributed by atoms with van der Waals surface area (Å²) in [5, 5.41) is 0. The van der Waals surface area contributed by atoms with Crippen molar-refractivity contribution in [2.45, 2.75) is 42.9 Å². The van der Waals surface area contributed by atoms with Gasteiger partial charge in [-0.2, -0.15) is 0 Å². The van der Waals surface area contributed by atoms with Gasteiger partial charge in [-0.3, -0.25) is 0 Å². The number of anilines is 1. The van der Waals surface area contributed by atoms with Gasteiger partial charge in [0.25, 0.3) is 0 Å². The van der Waals surface area contributed by atoms with Crippen molar-refractivity contribution < 1.29 is 0 Å². The van der Waals surface area contributed by atoms with Gasteiger partial charge in [0.15, 0.2) is 0 Å². The molecule has 2 atom stereocenters. The third kappa shape index (κ3) is 1.22. The maximum Gasteiger partial charge on any atom is 0.0949 e. The molecule has 3 rings (SSSR count). The molecule has 0 bridgehead atoms. The predicted molar refractivity (Wildman–Crippen MR) is 76.9 cm³/mol. The molecular formula is C15H21NS. The quantitative estimate of drug-likeness (QED) is 0.737. The van der Waals surface area contributed by atoms with E-state index in [0.29, 0.717) is 5.41 Å². The fourth-order valence-electron chi connectivity index (χ4n) is 4.09. The minimum Gasteiger partial charge on any atom is -0.359 e. The lowest BCUT2D eigenvalue weighted by atomic mass is 9.69. The highest BCUT2D eigenvalue weighted by atomic mass is 32.2. The van der Waals surface area contributed by atoms with Crippen LogP contribution in [-0.4, -0.2) is 18.2 Å². The molecule has 0 N–H and O–H groups in total. The smallest absolute Gasteiger partial charge is 0.0949 e. The fourth-order valence-corrected chi connectivity index (χ4v) is 5.47.